The summed E-state index contributed by atoms with van der Waals surface area (Å²) in [5.41, 5.74) is 0.639. The molecule has 0 saturated carbocycles. The molecule has 1 saturated heterocycles. The predicted octanol–water partition coefficient (Wildman–Crippen LogP) is 2.50. The maximum absolute atomic E-state index is 13.0. The van der Waals surface area contributed by atoms with Gasteiger partial charge in [0.15, 0.2) is 5.76 Å². The summed E-state index contributed by atoms with van der Waals surface area (Å²) >= 11 is 0. The Balaban J connectivity index is 1.85. The van der Waals surface area contributed by atoms with E-state index < -0.39 is 10.0 Å². The zero-order chi connectivity index (χ0) is 18.6. The lowest BCUT2D eigenvalue weighted by Crippen LogP contribution is -2.47. The van der Waals surface area contributed by atoms with E-state index in [-0.39, 0.29) is 10.9 Å². The van der Waals surface area contributed by atoms with Crippen molar-refractivity contribution >= 4 is 10.0 Å². The molecule has 2 aromatic rings. The van der Waals surface area contributed by atoms with Crippen LogP contribution in [0.25, 0.3) is 11.3 Å². The van der Waals surface area contributed by atoms with E-state index >= 15 is 0 Å². The highest BCUT2D eigenvalue weighted by Gasteiger charge is 2.27. The van der Waals surface area contributed by atoms with Gasteiger partial charge in [-0.05, 0) is 50.6 Å². The normalized spacial score (nSPS) is 18.8. The highest BCUT2D eigenvalue weighted by molar-refractivity contribution is 7.89. The van der Waals surface area contributed by atoms with Crippen LogP contribution in [0.1, 0.15) is 26.2 Å². The van der Waals surface area contributed by atoms with Crippen LogP contribution < -0.4 is 9.46 Å². The van der Waals surface area contributed by atoms with Crippen molar-refractivity contribution in [1.29, 1.82) is 0 Å². The van der Waals surface area contributed by atoms with Gasteiger partial charge in [-0.25, -0.2) is 13.1 Å². The number of piperidine rings is 1. The maximum Gasteiger partial charge on any atom is 0.244 e. The highest BCUT2D eigenvalue weighted by atomic mass is 32.2. The molecule has 1 aliphatic rings. The summed E-state index contributed by atoms with van der Waals surface area (Å²) in [4.78, 5) is 2.42. The molecule has 0 aliphatic carbocycles. The number of hydrogen-bond donors (Lipinski definition) is 1. The van der Waals surface area contributed by atoms with Crippen LogP contribution in [0.2, 0.25) is 0 Å². The molecule has 0 unspecified atom stereocenters. The summed E-state index contributed by atoms with van der Waals surface area (Å²) < 4.78 is 39.3. The average Bonchev–Trinajstić information content (AvgIpc) is 3.16. The van der Waals surface area contributed by atoms with Crippen LogP contribution in [-0.4, -0.2) is 51.3 Å². The first-order valence-electron chi connectivity index (χ1n) is 8.87. The van der Waals surface area contributed by atoms with E-state index in [1.807, 2.05) is 0 Å². The predicted molar refractivity (Wildman–Crippen MR) is 98.6 cm³/mol. The number of sulfonamides is 1. The van der Waals surface area contributed by atoms with Gasteiger partial charge < -0.3 is 14.2 Å². The van der Waals surface area contributed by atoms with E-state index in [1.165, 1.54) is 13.3 Å². The number of benzene rings is 1. The lowest BCUT2D eigenvalue weighted by Gasteiger charge is -2.32. The molecule has 0 radical (unpaired) electrons. The molecule has 0 bridgehead atoms. The molecular formula is C18H25N3O4S. The molecule has 1 aliphatic heterocycles. The minimum absolute atomic E-state index is 0.0982. The molecule has 1 fully saturated rings. The summed E-state index contributed by atoms with van der Waals surface area (Å²) in [5, 5.41) is 3.68. The van der Waals surface area contributed by atoms with Crippen molar-refractivity contribution in [3.8, 4) is 17.1 Å². The molecule has 0 spiro atoms. The lowest BCUT2D eigenvalue weighted by atomic mass is 10.1. The molecule has 1 aromatic carbocycles. The second-order valence-electron chi connectivity index (χ2n) is 6.50. The third-order valence-corrected chi connectivity index (χ3v) is 6.08. The summed E-state index contributed by atoms with van der Waals surface area (Å²) in [6.07, 6.45) is 4.41. The zero-order valence-corrected chi connectivity index (χ0v) is 16.0. The van der Waals surface area contributed by atoms with Gasteiger partial charge in [-0.2, -0.15) is 0 Å². The van der Waals surface area contributed by atoms with Gasteiger partial charge in [-0.15, -0.1) is 0 Å². The molecule has 1 aromatic heterocycles. The van der Waals surface area contributed by atoms with Gasteiger partial charge in [0.2, 0.25) is 10.0 Å². The number of rotatable bonds is 7. The fourth-order valence-corrected chi connectivity index (χ4v) is 4.82. The minimum Gasteiger partial charge on any atom is -0.495 e. The van der Waals surface area contributed by atoms with Gasteiger partial charge in [0.25, 0.3) is 0 Å². The van der Waals surface area contributed by atoms with Gasteiger partial charge in [-0.1, -0.05) is 12.1 Å². The molecular weight excluding hydrogens is 354 g/mol. The lowest BCUT2D eigenvalue weighted by molar-refractivity contribution is 0.202. The molecule has 3 rings (SSSR count). The SMILES string of the molecule is CCCN1CCC[C@@H](NS(=O)(=O)c2cc(-c3ccno3)ccc2OC)C1. The summed E-state index contributed by atoms with van der Waals surface area (Å²) in [5.74, 6) is 0.817. The Kier molecular flexibility index (Phi) is 5.95. The number of nitrogens with zero attached hydrogens (tertiary/aromatic N) is 2. The van der Waals surface area contributed by atoms with Gasteiger partial charge in [0.05, 0.1) is 13.3 Å². The Labute approximate surface area is 154 Å². The van der Waals surface area contributed by atoms with Crippen molar-refractivity contribution in [3.05, 3.63) is 30.5 Å². The topological polar surface area (TPSA) is 84.7 Å². The van der Waals surface area contributed by atoms with E-state index in [4.69, 9.17) is 9.26 Å². The smallest absolute Gasteiger partial charge is 0.244 e. The van der Waals surface area contributed by atoms with Crippen molar-refractivity contribution in [2.45, 2.75) is 37.1 Å². The van der Waals surface area contributed by atoms with Crippen LogP contribution >= 0.6 is 0 Å². The summed E-state index contributed by atoms with van der Waals surface area (Å²) in [6, 6.07) is 6.54. The monoisotopic (exact) mass is 379 g/mol. The minimum atomic E-state index is -3.72. The molecule has 1 N–H and O–H groups in total. The van der Waals surface area contributed by atoms with Crippen LogP contribution in [-0.2, 0) is 10.0 Å². The number of methoxy groups -OCH3 is 1. The van der Waals surface area contributed by atoms with Crippen molar-refractivity contribution in [1.82, 2.24) is 14.8 Å². The molecule has 26 heavy (non-hydrogen) atoms. The molecule has 1 atom stereocenters. The van der Waals surface area contributed by atoms with Crippen LogP contribution in [0.5, 0.6) is 5.75 Å². The summed E-state index contributed by atoms with van der Waals surface area (Å²) in [7, 11) is -2.25. The quantitative estimate of drug-likeness (QED) is 0.796. The second-order valence-corrected chi connectivity index (χ2v) is 8.19. The largest absolute Gasteiger partial charge is 0.495 e. The van der Waals surface area contributed by atoms with Crippen LogP contribution in [0.4, 0.5) is 0 Å². The average molecular weight is 379 g/mol. The first kappa shape index (κ1) is 18.9. The van der Waals surface area contributed by atoms with Crippen LogP contribution in [0.3, 0.4) is 0 Å². The van der Waals surface area contributed by atoms with E-state index in [0.717, 1.165) is 38.9 Å². The maximum atomic E-state index is 13.0. The van der Waals surface area contributed by atoms with Gasteiger partial charge >= 0.3 is 0 Å². The van der Waals surface area contributed by atoms with Crippen molar-refractivity contribution in [3.63, 3.8) is 0 Å². The Morgan fingerprint density at radius 3 is 2.92 bits per heavy atom. The standard InChI is InChI=1S/C18H25N3O4S/c1-3-10-21-11-4-5-15(13-21)20-26(22,23)18-12-14(6-7-17(18)24-2)16-8-9-19-25-16/h6-9,12,15,20H,3-5,10-11,13H2,1-2H3/t15-/m1/s1. The van der Waals surface area contributed by atoms with Gasteiger partial charge in [0.1, 0.15) is 10.6 Å². The number of ether oxygens (including phenoxy) is 1. The van der Waals surface area contributed by atoms with Gasteiger partial charge in [-0.3, -0.25) is 0 Å². The first-order valence-corrected chi connectivity index (χ1v) is 10.4. The molecule has 2 heterocycles. The summed E-state index contributed by atoms with van der Waals surface area (Å²) in [6.45, 7) is 4.88. The van der Waals surface area contributed by atoms with Crippen molar-refractivity contribution in [2.75, 3.05) is 26.7 Å². The molecule has 8 heteroatoms. The molecule has 142 valence electrons. The third-order valence-electron chi connectivity index (χ3n) is 4.54. The Hall–Kier alpha value is -1.90. The van der Waals surface area contributed by atoms with Gasteiger partial charge in [0, 0.05) is 24.2 Å². The fourth-order valence-electron chi connectivity index (χ4n) is 3.36. The van der Waals surface area contributed by atoms with Crippen LogP contribution in [0, 0.1) is 0 Å². The highest BCUT2D eigenvalue weighted by Crippen LogP contribution is 2.30. The zero-order valence-electron chi connectivity index (χ0n) is 15.1. The first-order chi connectivity index (χ1) is 12.5. The Morgan fingerprint density at radius 2 is 2.23 bits per heavy atom. The Morgan fingerprint density at radius 1 is 1.38 bits per heavy atom. The number of hydrogen-bond acceptors (Lipinski definition) is 6. The van der Waals surface area contributed by atoms with E-state index in [1.54, 1.807) is 24.3 Å². The van der Waals surface area contributed by atoms with E-state index in [2.05, 4.69) is 21.7 Å². The van der Waals surface area contributed by atoms with Crippen molar-refractivity contribution < 1.29 is 17.7 Å². The van der Waals surface area contributed by atoms with Crippen LogP contribution in [0.15, 0.2) is 39.9 Å². The van der Waals surface area contributed by atoms with E-state index in [0.29, 0.717) is 17.1 Å². The molecule has 0 amide bonds. The second kappa shape index (κ2) is 8.20. The number of likely N-dealkylation sites (tertiary alicyclic amines) is 1. The fraction of sp³-hybridized carbons (Fsp3) is 0.500. The Bertz CT molecular complexity index is 819. The molecule has 7 nitrogen and oxygen atoms in total. The van der Waals surface area contributed by atoms with E-state index in [9.17, 15) is 8.42 Å². The third kappa shape index (κ3) is 4.25. The van der Waals surface area contributed by atoms with Crippen molar-refractivity contribution in [2.24, 2.45) is 0 Å². The number of aromatic nitrogens is 1. The number of nitrogens with one attached hydrogen (secondary N) is 1.